The molecule has 4 aromatic rings. The van der Waals surface area contributed by atoms with Crippen molar-refractivity contribution in [1.29, 1.82) is 0 Å². The number of nitrogens with zero attached hydrogens (tertiary/aromatic N) is 6. The Labute approximate surface area is 217 Å². The number of methoxy groups -OCH3 is 1. The number of aromatic nitrogens is 4. The van der Waals surface area contributed by atoms with E-state index in [1.54, 1.807) is 11.7 Å². The zero-order valence-electron chi connectivity index (χ0n) is 22.2. The molecule has 0 unspecified atom stereocenters. The van der Waals surface area contributed by atoms with Crippen molar-refractivity contribution in [2.45, 2.75) is 50.3 Å². The van der Waals surface area contributed by atoms with Gasteiger partial charge in [-0.15, -0.1) is 0 Å². The summed E-state index contributed by atoms with van der Waals surface area (Å²) < 4.78 is 9.42. The summed E-state index contributed by atoms with van der Waals surface area (Å²) in [7, 11) is 7.91. The van der Waals surface area contributed by atoms with Gasteiger partial charge < -0.3 is 14.5 Å². The Kier molecular flexibility index (Phi) is 6.24. The fraction of sp³-hybridized carbons (Fsp3) is 0.483. The first-order valence-electron chi connectivity index (χ1n) is 13.3. The molecule has 2 fully saturated rings. The molecule has 3 atom stereocenters. The van der Waals surface area contributed by atoms with Crippen molar-refractivity contribution in [2.75, 3.05) is 39.2 Å². The second-order valence-corrected chi connectivity index (χ2v) is 10.9. The molecule has 8 heteroatoms. The lowest BCUT2D eigenvalue weighted by molar-refractivity contribution is 0.0531. The standard InChI is InChI=1S/C29H36N6O2/c1-32(2)22-12-13-34(18-22)27-11-9-20(16-31-27)19-8-10-25-24(14-19)28-26(17-30-25)33(3)29(36)35(28)21-6-5-7-23(15-21)37-4/h8-11,14,16-17,21-23H,5-7,12-13,15,18H2,1-4H3/t21-,22+,23+/m0/s1. The molecule has 2 aliphatic rings. The summed E-state index contributed by atoms with van der Waals surface area (Å²) in [6.07, 6.45) is 9.11. The van der Waals surface area contributed by atoms with E-state index >= 15 is 0 Å². The van der Waals surface area contributed by atoms with Gasteiger partial charge in [-0.3, -0.25) is 14.1 Å². The number of fused-ring (bicyclic) bond motifs is 3. The maximum absolute atomic E-state index is 13.4. The van der Waals surface area contributed by atoms with E-state index in [4.69, 9.17) is 14.7 Å². The van der Waals surface area contributed by atoms with Crippen molar-refractivity contribution >= 4 is 27.8 Å². The van der Waals surface area contributed by atoms with E-state index in [2.05, 4.69) is 54.2 Å². The minimum Gasteiger partial charge on any atom is -0.381 e. The summed E-state index contributed by atoms with van der Waals surface area (Å²) in [5.74, 6) is 1.03. The molecule has 1 aliphatic carbocycles. The first-order valence-corrected chi connectivity index (χ1v) is 13.3. The van der Waals surface area contributed by atoms with Crippen LogP contribution in [0.5, 0.6) is 0 Å². The topological polar surface area (TPSA) is 68.4 Å². The molecule has 0 spiro atoms. The number of pyridine rings is 2. The molecule has 1 aliphatic heterocycles. The van der Waals surface area contributed by atoms with Gasteiger partial charge in [0.15, 0.2) is 0 Å². The summed E-state index contributed by atoms with van der Waals surface area (Å²) in [4.78, 5) is 27.6. The van der Waals surface area contributed by atoms with Crippen LogP contribution in [0.25, 0.3) is 33.1 Å². The predicted octanol–water partition coefficient (Wildman–Crippen LogP) is 4.22. The average Bonchev–Trinajstić information content (AvgIpc) is 3.52. The van der Waals surface area contributed by atoms with E-state index in [1.165, 1.54) is 0 Å². The summed E-state index contributed by atoms with van der Waals surface area (Å²) in [5, 5.41) is 1.00. The van der Waals surface area contributed by atoms with E-state index in [0.29, 0.717) is 6.04 Å². The van der Waals surface area contributed by atoms with E-state index in [1.807, 2.05) is 24.0 Å². The number of hydrogen-bond acceptors (Lipinski definition) is 6. The second kappa shape index (κ2) is 9.58. The Bertz CT molecular complexity index is 1490. The Hall–Kier alpha value is -3.23. The molecule has 1 saturated carbocycles. The van der Waals surface area contributed by atoms with E-state index in [0.717, 1.165) is 84.1 Å². The van der Waals surface area contributed by atoms with Crippen LogP contribution in [-0.4, -0.2) is 70.4 Å². The number of rotatable bonds is 5. The summed E-state index contributed by atoms with van der Waals surface area (Å²) in [6.45, 7) is 2.04. The monoisotopic (exact) mass is 500 g/mol. The quantitative estimate of drug-likeness (QED) is 0.409. The van der Waals surface area contributed by atoms with Gasteiger partial charge in [-0.1, -0.05) is 6.07 Å². The smallest absolute Gasteiger partial charge is 0.329 e. The number of ether oxygens (including phenoxy) is 1. The highest BCUT2D eigenvalue weighted by molar-refractivity contribution is 6.04. The number of likely N-dealkylation sites (N-methyl/N-ethyl adjacent to an activating group) is 1. The van der Waals surface area contributed by atoms with Crippen LogP contribution in [0.3, 0.4) is 0 Å². The molecule has 3 aromatic heterocycles. The van der Waals surface area contributed by atoms with Crippen molar-refractivity contribution in [2.24, 2.45) is 7.05 Å². The molecule has 4 heterocycles. The minimum absolute atomic E-state index is 0.0177. The maximum atomic E-state index is 13.4. The molecule has 1 aromatic carbocycles. The van der Waals surface area contributed by atoms with Crippen LogP contribution in [-0.2, 0) is 11.8 Å². The van der Waals surface area contributed by atoms with Crippen molar-refractivity contribution in [3.63, 3.8) is 0 Å². The van der Waals surface area contributed by atoms with Crippen LogP contribution < -0.4 is 10.6 Å². The van der Waals surface area contributed by atoms with Gasteiger partial charge >= 0.3 is 5.69 Å². The van der Waals surface area contributed by atoms with Crippen molar-refractivity contribution in [3.05, 3.63) is 53.2 Å². The third-order valence-corrected chi connectivity index (χ3v) is 8.51. The van der Waals surface area contributed by atoms with Gasteiger partial charge in [0.1, 0.15) is 5.82 Å². The Morgan fingerprint density at radius 2 is 1.86 bits per heavy atom. The molecule has 0 N–H and O–H groups in total. The van der Waals surface area contributed by atoms with Crippen molar-refractivity contribution in [3.8, 4) is 11.1 Å². The molecular formula is C29H36N6O2. The summed E-state index contributed by atoms with van der Waals surface area (Å²) >= 11 is 0. The molecule has 6 rings (SSSR count). The largest absolute Gasteiger partial charge is 0.381 e. The van der Waals surface area contributed by atoms with Gasteiger partial charge in [0, 0.05) is 56.5 Å². The first kappa shape index (κ1) is 24.1. The zero-order chi connectivity index (χ0) is 25.7. The Morgan fingerprint density at radius 3 is 2.59 bits per heavy atom. The van der Waals surface area contributed by atoms with Gasteiger partial charge in [-0.05, 0) is 76.0 Å². The van der Waals surface area contributed by atoms with E-state index in [9.17, 15) is 4.79 Å². The molecule has 0 amide bonds. The maximum Gasteiger partial charge on any atom is 0.329 e. The van der Waals surface area contributed by atoms with Gasteiger partial charge in [0.25, 0.3) is 0 Å². The summed E-state index contributed by atoms with van der Waals surface area (Å²) in [5.41, 5.74) is 4.89. The second-order valence-electron chi connectivity index (χ2n) is 10.9. The molecule has 8 nitrogen and oxygen atoms in total. The lowest BCUT2D eigenvalue weighted by atomic mass is 9.92. The summed E-state index contributed by atoms with van der Waals surface area (Å²) in [6, 6.07) is 11.3. The zero-order valence-corrected chi connectivity index (χ0v) is 22.2. The highest BCUT2D eigenvalue weighted by Crippen LogP contribution is 2.35. The number of benzene rings is 1. The Balaban J connectivity index is 1.40. The van der Waals surface area contributed by atoms with Crippen molar-refractivity contribution < 1.29 is 4.74 Å². The van der Waals surface area contributed by atoms with Crippen LogP contribution in [0.4, 0.5) is 5.82 Å². The first-order chi connectivity index (χ1) is 17.9. The third-order valence-electron chi connectivity index (χ3n) is 8.51. The number of anilines is 1. The fourth-order valence-corrected chi connectivity index (χ4v) is 6.23. The molecule has 194 valence electrons. The lowest BCUT2D eigenvalue weighted by Gasteiger charge is -2.29. The molecular weight excluding hydrogens is 464 g/mol. The number of imidazole rings is 1. The lowest BCUT2D eigenvalue weighted by Crippen LogP contribution is -2.31. The fourth-order valence-electron chi connectivity index (χ4n) is 6.23. The third kappa shape index (κ3) is 4.22. The van der Waals surface area contributed by atoms with Crippen LogP contribution in [0.2, 0.25) is 0 Å². The molecule has 0 radical (unpaired) electrons. The van der Waals surface area contributed by atoms with Gasteiger partial charge in [-0.25, -0.2) is 9.78 Å². The van der Waals surface area contributed by atoms with Gasteiger partial charge in [-0.2, -0.15) is 0 Å². The highest BCUT2D eigenvalue weighted by Gasteiger charge is 2.28. The number of hydrogen-bond donors (Lipinski definition) is 0. The van der Waals surface area contributed by atoms with Crippen molar-refractivity contribution in [1.82, 2.24) is 24.0 Å². The molecule has 1 saturated heterocycles. The van der Waals surface area contributed by atoms with Crippen LogP contribution in [0, 0.1) is 0 Å². The normalized spacial score (nSPS) is 22.5. The molecule has 37 heavy (non-hydrogen) atoms. The Morgan fingerprint density at radius 1 is 1.03 bits per heavy atom. The highest BCUT2D eigenvalue weighted by atomic mass is 16.5. The van der Waals surface area contributed by atoms with Crippen LogP contribution in [0.15, 0.2) is 47.5 Å². The minimum atomic E-state index is 0.0177. The SMILES string of the molecule is CO[C@@H]1CCC[C@H](n2c(=O)n(C)c3cnc4ccc(-c5ccc(N6CC[C@@H](N(C)C)C6)nc5)cc4c32)C1. The van der Waals surface area contributed by atoms with Crippen LogP contribution >= 0.6 is 0 Å². The number of aryl methyl sites for hydroxylation is 1. The van der Waals surface area contributed by atoms with Gasteiger partial charge in [0.2, 0.25) is 0 Å². The van der Waals surface area contributed by atoms with Gasteiger partial charge in [0.05, 0.1) is 28.9 Å². The molecule has 0 bridgehead atoms. The average molecular weight is 501 g/mol. The van der Waals surface area contributed by atoms with E-state index < -0.39 is 0 Å². The predicted molar refractivity (Wildman–Crippen MR) is 148 cm³/mol. The van der Waals surface area contributed by atoms with Crippen LogP contribution in [0.1, 0.15) is 38.1 Å². The van der Waals surface area contributed by atoms with E-state index in [-0.39, 0.29) is 17.8 Å².